The maximum Gasteiger partial charge on any atom is 0.222 e. The summed E-state index contributed by atoms with van der Waals surface area (Å²) in [5.41, 5.74) is 2.34. The molecule has 0 atom stereocenters. The normalized spacial score (nSPS) is 10.9. The number of halogens is 1. The summed E-state index contributed by atoms with van der Waals surface area (Å²) in [6, 6.07) is 12.1. The van der Waals surface area contributed by atoms with E-state index in [2.05, 4.69) is 42.8 Å². The van der Waals surface area contributed by atoms with E-state index >= 15 is 0 Å². The van der Waals surface area contributed by atoms with Crippen molar-refractivity contribution in [1.82, 2.24) is 9.47 Å². The summed E-state index contributed by atoms with van der Waals surface area (Å²) < 4.78 is 2.21. The van der Waals surface area contributed by atoms with E-state index in [0.717, 1.165) is 37.4 Å². The zero-order chi connectivity index (χ0) is 18.8. The van der Waals surface area contributed by atoms with Crippen molar-refractivity contribution in [2.24, 2.45) is 0 Å². The Morgan fingerprint density at radius 2 is 1.92 bits per heavy atom. The molecule has 3 nitrogen and oxygen atoms in total. The number of nitrogens with zero attached hydrogens (tertiary/aromatic N) is 2. The van der Waals surface area contributed by atoms with Gasteiger partial charge in [-0.1, -0.05) is 56.8 Å². The molecule has 4 heteroatoms. The van der Waals surface area contributed by atoms with Crippen LogP contribution in [0, 0.1) is 0 Å². The van der Waals surface area contributed by atoms with Gasteiger partial charge in [-0.2, -0.15) is 0 Å². The molecule has 142 valence electrons. The van der Waals surface area contributed by atoms with Crippen molar-refractivity contribution in [1.29, 1.82) is 0 Å². The minimum absolute atomic E-state index is 0.276. The molecule has 0 spiro atoms. The molecule has 0 radical (unpaired) electrons. The van der Waals surface area contributed by atoms with Crippen LogP contribution in [0.25, 0.3) is 0 Å². The molecule has 0 unspecified atom stereocenters. The lowest BCUT2D eigenvalue weighted by Crippen LogP contribution is -2.32. The van der Waals surface area contributed by atoms with Gasteiger partial charge in [0.05, 0.1) is 6.54 Å². The molecule has 1 amide bonds. The standard InChI is InChI=1S/C22H31ClN2O/c1-3-5-6-7-13-22(26)25(14-4-2)18-21-12-9-15-24(21)17-19-10-8-11-20(23)16-19/h8-12,15-16H,3-7,13-14,17-18H2,1-2H3. The highest BCUT2D eigenvalue weighted by molar-refractivity contribution is 6.30. The van der Waals surface area contributed by atoms with Gasteiger partial charge in [0.15, 0.2) is 0 Å². The van der Waals surface area contributed by atoms with Crippen LogP contribution in [0.5, 0.6) is 0 Å². The maximum absolute atomic E-state index is 12.6. The number of unbranched alkanes of at least 4 members (excludes halogenated alkanes) is 3. The van der Waals surface area contributed by atoms with Crippen LogP contribution in [0.15, 0.2) is 42.6 Å². The summed E-state index contributed by atoms with van der Waals surface area (Å²) in [6.45, 7) is 6.58. The Balaban J connectivity index is 2.00. The highest BCUT2D eigenvalue weighted by Crippen LogP contribution is 2.15. The van der Waals surface area contributed by atoms with Crippen LogP contribution in [0.3, 0.4) is 0 Å². The first kappa shape index (κ1) is 20.6. The first-order chi connectivity index (χ1) is 12.6. The molecule has 0 aliphatic rings. The third-order valence-electron chi connectivity index (χ3n) is 4.61. The number of rotatable bonds is 11. The van der Waals surface area contributed by atoms with Gasteiger partial charge in [0.25, 0.3) is 0 Å². The number of aromatic nitrogens is 1. The number of hydrogen-bond donors (Lipinski definition) is 0. The van der Waals surface area contributed by atoms with Gasteiger partial charge in [-0.15, -0.1) is 0 Å². The fraction of sp³-hybridized carbons (Fsp3) is 0.500. The van der Waals surface area contributed by atoms with Gasteiger partial charge in [0, 0.05) is 36.4 Å². The molecule has 0 aliphatic heterocycles. The van der Waals surface area contributed by atoms with Gasteiger partial charge in [0.1, 0.15) is 0 Å². The first-order valence-electron chi connectivity index (χ1n) is 9.80. The summed E-state index contributed by atoms with van der Waals surface area (Å²) >= 11 is 6.10. The Kier molecular flexibility index (Phi) is 8.76. The summed E-state index contributed by atoms with van der Waals surface area (Å²) in [5.74, 6) is 0.276. The molecule has 0 aliphatic carbocycles. The van der Waals surface area contributed by atoms with E-state index in [1.165, 1.54) is 24.1 Å². The number of benzene rings is 1. The molecule has 0 saturated carbocycles. The van der Waals surface area contributed by atoms with Gasteiger partial charge in [-0.25, -0.2) is 0 Å². The highest BCUT2D eigenvalue weighted by Gasteiger charge is 2.14. The average Bonchev–Trinajstić information content (AvgIpc) is 3.05. The first-order valence-corrected chi connectivity index (χ1v) is 10.2. The second kappa shape index (κ2) is 11.1. The Hall–Kier alpha value is -1.74. The summed E-state index contributed by atoms with van der Waals surface area (Å²) in [7, 11) is 0. The van der Waals surface area contributed by atoms with E-state index in [4.69, 9.17) is 11.6 Å². The van der Waals surface area contributed by atoms with Crippen LogP contribution in [0.1, 0.15) is 63.6 Å². The van der Waals surface area contributed by atoms with E-state index in [9.17, 15) is 4.79 Å². The minimum atomic E-state index is 0.276. The van der Waals surface area contributed by atoms with Crippen molar-refractivity contribution in [3.05, 3.63) is 58.9 Å². The largest absolute Gasteiger partial charge is 0.345 e. The molecule has 0 fully saturated rings. The van der Waals surface area contributed by atoms with E-state index in [1.807, 2.05) is 23.1 Å². The molecule has 1 aromatic carbocycles. The maximum atomic E-state index is 12.6. The second-order valence-electron chi connectivity index (χ2n) is 6.88. The summed E-state index contributed by atoms with van der Waals surface area (Å²) in [4.78, 5) is 14.6. The van der Waals surface area contributed by atoms with Gasteiger partial charge in [-0.05, 0) is 42.7 Å². The quantitative estimate of drug-likeness (QED) is 0.449. The Bertz CT molecular complexity index is 680. The molecule has 26 heavy (non-hydrogen) atoms. The SMILES string of the molecule is CCCCCCC(=O)N(CCC)Cc1cccn1Cc1cccc(Cl)c1. The summed E-state index contributed by atoms with van der Waals surface area (Å²) in [5, 5.41) is 0.756. The Labute approximate surface area is 163 Å². The molecule has 1 heterocycles. The third-order valence-corrected chi connectivity index (χ3v) is 4.84. The predicted octanol–water partition coefficient (Wildman–Crippen LogP) is 5.90. The molecule has 2 aromatic rings. The highest BCUT2D eigenvalue weighted by atomic mass is 35.5. The van der Waals surface area contributed by atoms with Gasteiger partial charge < -0.3 is 9.47 Å². The molecular formula is C22H31ClN2O. The lowest BCUT2D eigenvalue weighted by Gasteiger charge is -2.23. The number of hydrogen-bond acceptors (Lipinski definition) is 1. The lowest BCUT2D eigenvalue weighted by molar-refractivity contribution is -0.132. The van der Waals surface area contributed by atoms with Crippen molar-refractivity contribution < 1.29 is 4.79 Å². The number of carbonyl (C=O) groups excluding carboxylic acids is 1. The van der Waals surface area contributed by atoms with Gasteiger partial charge >= 0.3 is 0 Å². The fourth-order valence-corrected chi connectivity index (χ4v) is 3.41. The van der Waals surface area contributed by atoms with Crippen molar-refractivity contribution >= 4 is 17.5 Å². The van der Waals surface area contributed by atoms with E-state index in [0.29, 0.717) is 13.0 Å². The van der Waals surface area contributed by atoms with E-state index < -0.39 is 0 Å². The topological polar surface area (TPSA) is 25.2 Å². The molecule has 2 rings (SSSR count). The van der Waals surface area contributed by atoms with Crippen LogP contribution in [0.4, 0.5) is 0 Å². The van der Waals surface area contributed by atoms with Crippen LogP contribution < -0.4 is 0 Å². The monoisotopic (exact) mass is 374 g/mol. The smallest absolute Gasteiger partial charge is 0.222 e. The Morgan fingerprint density at radius 1 is 1.08 bits per heavy atom. The molecule has 0 saturated heterocycles. The Morgan fingerprint density at radius 3 is 2.65 bits per heavy atom. The number of carbonyl (C=O) groups is 1. The van der Waals surface area contributed by atoms with Crippen molar-refractivity contribution in [2.45, 2.75) is 65.5 Å². The fourth-order valence-electron chi connectivity index (χ4n) is 3.20. The molecule has 0 bridgehead atoms. The van der Waals surface area contributed by atoms with Crippen LogP contribution in [-0.4, -0.2) is 21.9 Å². The predicted molar refractivity (Wildman–Crippen MR) is 109 cm³/mol. The second-order valence-corrected chi connectivity index (χ2v) is 7.32. The van der Waals surface area contributed by atoms with Crippen LogP contribution in [0.2, 0.25) is 5.02 Å². The molecule has 0 N–H and O–H groups in total. The lowest BCUT2D eigenvalue weighted by atomic mass is 10.1. The van der Waals surface area contributed by atoms with Crippen molar-refractivity contribution in [2.75, 3.05) is 6.54 Å². The average molecular weight is 375 g/mol. The zero-order valence-corrected chi connectivity index (χ0v) is 16.8. The van der Waals surface area contributed by atoms with E-state index in [-0.39, 0.29) is 5.91 Å². The van der Waals surface area contributed by atoms with Gasteiger partial charge in [-0.3, -0.25) is 4.79 Å². The zero-order valence-electron chi connectivity index (χ0n) is 16.1. The van der Waals surface area contributed by atoms with Crippen molar-refractivity contribution in [3.8, 4) is 0 Å². The minimum Gasteiger partial charge on any atom is -0.345 e. The van der Waals surface area contributed by atoms with Crippen molar-refractivity contribution in [3.63, 3.8) is 0 Å². The summed E-state index contributed by atoms with van der Waals surface area (Å²) in [6.07, 6.45) is 8.27. The molecule has 1 aromatic heterocycles. The van der Waals surface area contributed by atoms with Gasteiger partial charge in [0.2, 0.25) is 5.91 Å². The van der Waals surface area contributed by atoms with E-state index in [1.54, 1.807) is 0 Å². The van der Waals surface area contributed by atoms with Crippen LogP contribution in [-0.2, 0) is 17.9 Å². The molecular weight excluding hydrogens is 344 g/mol. The third kappa shape index (κ3) is 6.53. The number of amides is 1. The van der Waals surface area contributed by atoms with Crippen LogP contribution >= 0.6 is 11.6 Å².